The molecule has 0 spiro atoms. The molecule has 0 radical (unpaired) electrons. The Balaban J connectivity index is 1.78. The van der Waals surface area contributed by atoms with Gasteiger partial charge in [-0.25, -0.2) is 4.79 Å². The van der Waals surface area contributed by atoms with Gasteiger partial charge in [0, 0.05) is 6.08 Å². The largest absolute Gasteiger partial charge is 0.416 e. The van der Waals surface area contributed by atoms with E-state index in [0.29, 0.717) is 16.0 Å². The second kappa shape index (κ2) is 6.95. The number of amides is 4. The topological polar surface area (TPSA) is 66.5 Å². The summed E-state index contributed by atoms with van der Waals surface area (Å²) in [6.45, 7) is 1.50. The predicted octanol–water partition coefficient (Wildman–Crippen LogP) is 3.71. The smallest absolute Gasteiger partial charge is 0.319 e. The number of hydrogen-bond acceptors (Lipinski definition) is 3. The maximum absolute atomic E-state index is 12.7. The van der Waals surface area contributed by atoms with E-state index in [0.717, 1.165) is 18.2 Å². The van der Waals surface area contributed by atoms with Gasteiger partial charge in [-0.2, -0.15) is 18.1 Å². The highest BCUT2D eigenvalue weighted by Gasteiger charge is 2.51. The lowest BCUT2D eigenvalue weighted by Gasteiger charge is -2.21. The van der Waals surface area contributed by atoms with Crippen LogP contribution in [0.3, 0.4) is 0 Å². The molecule has 28 heavy (non-hydrogen) atoms. The number of rotatable bonds is 3. The van der Waals surface area contributed by atoms with E-state index in [-0.39, 0.29) is 0 Å². The summed E-state index contributed by atoms with van der Waals surface area (Å²) in [7, 11) is 0. The number of nitrogens with zero attached hydrogens (tertiary/aromatic N) is 1. The van der Waals surface area contributed by atoms with Gasteiger partial charge in [0.05, 0.1) is 5.56 Å². The highest BCUT2D eigenvalue weighted by Crippen LogP contribution is 2.30. The lowest BCUT2D eigenvalue weighted by atomic mass is 9.92. The van der Waals surface area contributed by atoms with E-state index in [4.69, 9.17) is 0 Å². The fourth-order valence-electron chi connectivity index (χ4n) is 2.83. The number of carbonyl (C=O) groups excluding carboxylic acids is 3. The third-order valence-electron chi connectivity index (χ3n) is 4.42. The summed E-state index contributed by atoms with van der Waals surface area (Å²) in [6.07, 6.45) is -2.25. The van der Waals surface area contributed by atoms with Crippen molar-refractivity contribution in [3.63, 3.8) is 0 Å². The molecule has 1 aliphatic rings. The van der Waals surface area contributed by atoms with Crippen molar-refractivity contribution < 1.29 is 27.6 Å². The molecule has 0 bridgehead atoms. The van der Waals surface area contributed by atoms with Gasteiger partial charge in [0.25, 0.3) is 11.8 Å². The summed E-state index contributed by atoms with van der Waals surface area (Å²) in [5.74, 6) is -1.62. The van der Waals surface area contributed by atoms with Crippen molar-refractivity contribution in [3.05, 3.63) is 77.4 Å². The number of imide groups is 3. The van der Waals surface area contributed by atoms with Gasteiger partial charge in [0.2, 0.25) is 0 Å². The van der Waals surface area contributed by atoms with Crippen molar-refractivity contribution >= 4 is 23.9 Å². The molecule has 4 amide bonds. The lowest BCUT2D eigenvalue weighted by molar-refractivity contribution is -0.139. The van der Waals surface area contributed by atoms with E-state index >= 15 is 0 Å². The molecule has 5 nitrogen and oxygen atoms in total. The highest BCUT2D eigenvalue weighted by molar-refractivity contribution is 6.21. The van der Waals surface area contributed by atoms with Gasteiger partial charge in [0.15, 0.2) is 0 Å². The molecule has 1 aliphatic heterocycles. The first-order chi connectivity index (χ1) is 13.1. The molecule has 1 atom stereocenters. The summed E-state index contributed by atoms with van der Waals surface area (Å²) in [5.41, 5.74) is -1.35. The molecule has 0 saturated carbocycles. The molecule has 1 fully saturated rings. The first-order valence-electron chi connectivity index (χ1n) is 8.24. The monoisotopic (exact) mass is 388 g/mol. The van der Waals surface area contributed by atoms with Gasteiger partial charge in [-0.1, -0.05) is 42.5 Å². The molecule has 0 aliphatic carbocycles. The third kappa shape index (κ3) is 3.53. The van der Waals surface area contributed by atoms with Gasteiger partial charge in [-0.15, -0.1) is 0 Å². The van der Waals surface area contributed by atoms with Gasteiger partial charge in [-0.3, -0.25) is 9.59 Å². The van der Waals surface area contributed by atoms with Crippen molar-refractivity contribution in [2.45, 2.75) is 18.6 Å². The fraction of sp³-hybridized carbons (Fsp3) is 0.150. The van der Waals surface area contributed by atoms with Crippen molar-refractivity contribution in [1.82, 2.24) is 10.2 Å². The van der Waals surface area contributed by atoms with Crippen LogP contribution in [-0.4, -0.2) is 22.7 Å². The number of alkyl halides is 3. The third-order valence-corrected chi connectivity index (χ3v) is 4.42. The van der Waals surface area contributed by atoms with E-state index in [9.17, 15) is 27.6 Å². The summed E-state index contributed by atoms with van der Waals surface area (Å²) < 4.78 is 37.7. The molecule has 0 aromatic heterocycles. The number of urea groups is 1. The second-order valence-electron chi connectivity index (χ2n) is 6.35. The summed E-state index contributed by atoms with van der Waals surface area (Å²) in [6, 6.07) is 11.7. The van der Waals surface area contributed by atoms with Crippen LogP contribution >= 0.6 is 0 Å². The zero-order valence-corrected chi connectivity index (χ0v) is 14.7. The maximum Gasteiger partial charge on any atom is 0.416 e. The number of hydrogen-bond donors (Lipinski definition) is 1. The minimum absolute atomic E-state index is 0.319. The molecule has 1 heterocycles. The zero-order chi connectivity index (χ0) is 20.5. The highest BCUT2D eigenvalue weighted by atomic mass is 19.4. The number of halogens is 3. The zero-order valence-electron chi connectivity index (χ0n) is 14.7. The molecular formula is C20H15F3N2O3. The molecule has 144 valence electrons. The second-order valence-corrected chi connectivity index (χ2v) is 6.35. The lowest BCUT2D eigenvalue weighted by Crippen LogP contribution is -2.41. The van der Waals surface area contributed by atoms with Crippen LogP contribution in [0.4, 0.5) is 18.0 Å². The van der Waals surface area contributed by atoms with Gasteiger partial charge in [0.1, 0.15) is 5.54 Å². The molecule has 2 aromatic carbocycles. The fourth-order valence-corrected chi connectivity index (χ4v) is 2.83. The van der Waals surface area contributed by atoms with Crippen LogP contribution in [0.2, 0.25) is 0 Å². The quantitative estimate of drug-likeness (QED) is 0.644. The Kier molecular flexibility index (Phi) is 4.80. The average molecular weight is 388 g/mol. The van der Waals surface area contributed by atoms with Gasteiger partial charge >= 0.3 is 12.2 Å². The standard InChI is InChI=1S/C20H15F3N2O3/c1-19(14-5-3-2-4-6-14)17(27)25(18(28)24-19)16(26)12-9-13-7-10-15(11-8-13)20(21,22)23/h2-12H,1H3,(H,24,28)/b12-9+/t19-/m1/s1. The normalized spacial score (nSPS) is 19.9. The van der Waals surface area contributed by atoms with Gasteiger partial charge < -0.3 is 5.32 Å². The van der Waals surface area contributed by atoms with Crippen LogP contribution in [0.25, 0.3) is 6.08 Å². The van der Waals surface area contributed by atoms with E-state index < -0.39 is 35.1 Å². The molecular weight excluding hydrogens is 373 g/mol. The predicted molar refractivity (Wildman–Crippen MR) is 94.7 cm³/mol. The maximum atomic E-state index is 12.7. The van der Waals surface area contributed by atoms with Crippen molar-refractivity contribution in [2.75, 3.05) is 0 Å². The van der Waals surface area contributed by atoms with Crippen molar-refractivity contribution in [2.24, 2.45) is 0 Å². The van der Waals surface area contributed by atoms with Crippen molar-refractivity contribution in [1.29, 1.82) is 0 Å². The first-order valence-corrected chi connectivity index (χ1v) is 8.24. The van der Waals surface area contributed by atoms with Crippen LogP contribution in [0.15, 0.2) is 60.7 Å². The molecule has 2 aromatic rings. The van der Waals surface area contributed by atoms with Crippen LogP contribution in [-0.2, 0) is 21.3 Å². The molecule has 3 rings (SSSR count). The number of carbonyl (C=O) groups is 3. The average Bonchev–Trinajstić information content (AvgIpc) is 2.90. The Morgan fingerprint density at radius 2 is 1.64 bits per heavy atom. The Morgan fingerprint density at radius 1 is 1.04 bits per heavy atom. The molecule has 1 saturated heterocycles. The van der Waals surface area contributed by atoms with Crippen LogP contribution < -0.4 is 5.32 Å². The summed E-state index contributed by atoms with van der Waals surface area (Å²) >= 11 is 0. The minimum Gasteiger partial charge on any atom is -0.319 e. The van der Waals surface area contributed by atoms with Crippen LogP contribution in [0, 0.1) is 0 Å². The van der Waals surface area contributed by atoms with Crippen LogP contribution in [0.5, 0.6) is 0 Å². The number of nitrogens with one attached hydrogen (secondary N) is 1. The summed E-state index contributed by atoms with van der Waals surface area (Å²) in [5, 5.41) is 2.51. The van der Waals surface area contributed by atoms with E-state index in [2.05, 4.69) is 5.32 Å². The van der Waals surface area contributed by atoms with E-state index in [1.54, 1.807) is 30.3 Å². The Labute approximate surface area is 158 Å². The Bertz CT molecular complexity index is 953. The number of benzene rings is 2. The first kappa shape index (κ1) is 19.3. The minimum atomic E-state index is -4.46. The van der Waals surface area contributed by atoms with Gasteiger partial charge in [-0.05, 0) is 36.3 Å². The van der Waals surface area contributed by atoms with E-state index in [1.807, 2.05) is 0 Å². The van der Waals surface area contributed by atoms with Crippen molar-refractivity contribution in [3.8, 4) is 0 Å². The molecule has 8 heteroatoms. The molecule has 1 N–H and O–H groups in total. The Morgan fingerprint density at radius 3 is 2.21 bits per heavy atom. The molecule has 0 unspecified atom stereocenters. The summed E-state index contributed by atoms with van der Waals surface area (Å²) in [4.78, 5) is 37.7. The SMILES string of the molecule is C[C@]1(c2ccccc2)NC(=O)N(C(=O)/C=C/c2ccc(C(F)(F)F)cc2)C1=O. The van der Waals surface area contributed by atoms with E-state index in [1.165, 1.54) is 25.1 Å². The Hall–Kier alpha value is -3.42. The van der Waals surface area contributed by atoms with Crippen LogP contribution in [0.1, 0.15) is 23.6 Å².